The van der Waals surface area contributed by atoms with Crippen molar-refractivity contribution < 1.29 is 19.1 Å². The van der Waals surface area contributed by atoms with E-state index in [1.54, 1.807) is 6.07 Å². The predicted molar refractivity (Wildman–Crippen MR) is 114 cm³/mol. The van der Waals surface area contributed by atoms with E-state index in [1.165, 1.54) is 12.0 Å². The van der Waals surface area contributed by atoms with Gasteiger partial charge < -0.3 is 15.0 Å². The number of rotatable bonds is 6. The first kappa shape index (κ1) is 21.6. The molecule has 1 saturated heterocycles. The molecular weight excluding hydrogens is 384 g/mol. The Morgan fingerprint density at radius 1 is 1.13 bits per heavy atom. The average molecular weight is 412 g/mol. The maximum absolute atomic E-state index is 12.9. The van der Waals surface area contributed by atoms with Gasteiger partial charge in [0.1, 0.15) is 11.4 Å². The van der Waals surface area contributed by atoms with Crippen LogP contribution in [0, 0.1) is 0 Å². The third-order valence-electron chi connectivity index (χ3n) is 5.61. The number of amides is 2. The molecule has 2 aliphatic rings. The number of ether oxygens (including phenoxy) is 1. The summed E-state index contributed by atoms with van der Waals surface area (Å²) in [6.45, 7) is 15.5. The zero-order chi connectivity index (χ0) is 22.0. The van der Waals surface area contributed by atoms with Crippen molar-refractivity contribution in [2.75, 3.05) is 38.2 Å². The van der Waals surface area contributed by atoms with Crippen molar-refractivity contribution in [2.24, 2.45) is 0 Å². The van der Waals surface area contributed by atoms with Crippen LogP contribution in [0.5, 0.6) is 0 Å². The summed E-state index contributed by atoms with van der Waals surface area (Å²) in [6.07, 6.45) is 0. The standard InChI is InChI=1S/C22H28N4O4/c1-14(2)24-9-11-25(12-10-24)19-8-6-7-17-18(19)13-26(21(17)28)16(4)20(27)23-15(3)22(29)30-5/h6-8,14H,3-4,9-13H2,1-2,5H3,(H,23,27). The zero-order valence-corrected chi connectivity index (χ0v) is 17.7. The van der Waals surface area contributed by atoms with Crippen molar-refractivity contribution in [3.8, 4) is 0 Å². The summed E-state index contributed by atoms with van der Waals surface area (Å²) in [5.41, 5.74) is 2.22. The lowest BCUT2D eigenvalue weighted by Gasteiger charge is -2.38. The molecule has 2 amide bonds. The fourth-order valence-electron chi connectivity index (χ4n) is 3.82. The highest BCUT2D eigenvalue weighted by Gasteiger charge is 2.35. The number of carbonyl (C=O) groups is 3. The van der Waals surface area contributed by atoms with Gasteiger partial charge in [0.15, 0.2) is 0 Å². The number of hydrogen-bond acceptors (Lipinski definition) is 6. The van der Waals surface area contributed by atoms with E-state index >= 15 is 0 Å². The number of hydrogen-bond donors (Lipinski definition) is 1. The second-order valence-corrected chi connectivity index (χ2v) is 7.68. The molecule has 8 heteroatoms. The zero-order valence-electron chi connectivity index (χ0n) is 17.7. The van der Waals surface area contributed by atoms with Gasteiger partial charge in [0, 0.05) is 49.0 Å². The smallest absolute Gasteiger partial charge is 0.353 e. The number of fused-ring (bicyclic) bond motifs is 1. The molecule has 0 saturated carbocycles. The molecular formula is C22H28N4O4. The molecule has 1 N–H and O–H groups in total. The first-order valence-electron chi connectivity index (χ1n) is 9.94. The molecule has 1 fully saturated rings. The molecule has 2 aliphatic heterocycles. The van der Waals surface area contributed by atoms with E-state index in [0.29, 0.717) is 11.6 Å². The van der Waals surface area contributed by atoms with Gasteiger partial charge in [0.25, 0.3) is 11.8 Å². The lowest BCUT2D eigenvalue weighted by atomic mass is 10.1. The van der Waals surface area contributed by atoms with Gasteiger partial charge in [0.2, 0.25) is 0 Å². The van der Waals surface area contributed by atoms with E-state index in [1.807, 2.05) is 12.1 Å². The second kappa shape index (κ2) is 8.71. The summed E-state index contributed by atoms with van der Waals surface area (Å²) < 4.78 is 4.52. The third kappa shape index (κ3) is 4.09. The predicted octanol–water partition coefficient (Wildman–Crippen LogP) is 1.49. The number of piperazine rings is 1. The quantitative estimate of drug-likeness (QED) is 0.563. The van der Waals surface area contributed by atoms with Crippen LogP contribution >= 0.6 is 0 Å². The molecule has 30 heavy (non-hydrogen) atoms. The number of nitrogens with zero attached hydrogens (tertiary/aromatic N) is 3. The summed E-state index contributed by atoms with van der Waals surface area (Å²) >= 11 is 0. The minimum absolute atomic E-state index is 0.0446. The van der Waals surface area contributed by atoms with Crippen LogP contribution in [0.1, 0.15) is 29.8 Å². The maximum atomic E-state index is 12.9. The minimum Gasteiger partial charge on any atom is -0.464 e. The monoisotopic (exact) mass is 412 g/mol. The molecule has 3 rings (SSSR count). The number of benzene rings is 1. The van der Waals surface area contributed by atoms with Crippen LogP contribution in [-0.2, 0) is 20.9 Å². The summed E-state index contributed by atoms with van der Waals surface area (Å²) in [7, 11) is 1.19. The second-order valence-electron chi connectivity index (χ2n) is 7.68. The van der Waals surface area contributed by atoms with E-state index < -0.39 is 11.9 Å². The number of methoxy groups -OCH3 is 1. The van der Waals surface area contributed by atoms with Gasteiger partial charge in [0.05, 0.1) is 13.7 Å². The summed E-state index contributed by atoms with van der Waals surface area (Å²) in [5.74, 6) is -1.70. The number of anilines is 1. The molecule has 8 nitrogen and oxygen atoms in total. The molecule has 0 aliphatic carbocycles. The molecule has 0 radical (unpaired) electrons. The first-order chi connectivity index (χ1) is 14.2. The topological polar surface area (TPSA) is 82.2 Å². The normalized spacial score (nSPS) is 16.5. The highest BCUT2D eigenvalue weighted by molar-refractivity contribution is 6.07. The molecule has 0 bridgehead atoms. The Balaban J connectivity index is 1.74. The highest BCUT2D eigenvalue weighted by atomic mass is 16.5. The van der Waals surface area contributed by atoms with E-state index in [-0.39, 0.29) is 23.8 Å². The van der Waals surface area contributed by atoms with Gasteiger partial charge in [-0.1, -0.05) is 19.2 Å². The average Bonchev–Trinajstić information content (AvgIpc) is 3.09. The van der Waals surface area contributed by atoms with Crippen LogP contribution in [0.3, 0.4) is 0 Å². The van der Waals surface area contributed by atoms with Crippen LogP contribution in [0.4, 0.5) is 5.69 Å². The van der Waals surface area contributed by atoms with Gasteiger partial charge in [-0.2, -0.15) is 0 Å². The molecule has 1 aromatic rings. The van der Waals surface area contributed by atoms with E-state index in [9.17, 15) is 14.4 Å². The van der Waals surface area contributed by atoms with Crippen LogP contribution in [0.2, 0.25) is 0 Å². The molecule has 0 unspecified atom stereocenters. The molecule has 2 heterocycles. The first-order valence-corrected chi connectivity index (χ1v) is 9.94. The molecule has 0 aromatic heterocycles. The van der Waals surface area contributed by atoms with Gasteiger partial charge in [-0.3, -0.25) is 19.4 Å². The van der Waals surface area contributed by atoms with Crippen molar-refractivity contribution in [2.45, 2.75) is 26.4 Å². The van der Waals surface area contributed by atoms with Crippen molar-refractivity contribution in [1.29, 1.82) is 0 Å². The van der Waals surface area contributed by atoms with E-state index in [4.69, 9.17) is 0 Å². The number of nitrogens with one attached hydrogen (secondary N) is 1. The lowest BCUT2D eigenvalue weighted by molar-refractivity contribution is -0.137. The number of esters is 1. The molecule has 0 spiro atoms. The van der Waals surface area contributed by atoms with Gasteiger partial charge >= 0.3 is 5.97 Å². The van der Waals surface area contributed by atoms with E-state index in [2.05, 4.69) is 46.9 Å². The summed E-state index contributed by atoms with van der Waals surface area (Å²) in [6, 6.07) is 6.16. The van der Waals surface area contributed by atoms with Crippen molar-refractivity contribution in [3.05, 3.63) is 53.9 Å². The Morgan fingerprint density at radius 2 is 1.80 bits per heavy atom. The van der Waals surface area contributed by atoms with Crippen LogP contribution in [0.15, 0.2) is 42.8 Å². The Labute approximate surface area is 176 Å². The van der Waals surface area contributed by atoms with Crippen molar-refractivity contribution in [3.63, 3.8) is 0 Å². The van der Waals surface area contributed by atoms with Crippen LogP contribution in [-0.4, -0.2) is 66.9 Å². The summed E-state index contributed by atoms with van der Waals surface area (Å²) in [5, 5.41) is 2.33. The maximum Gasteiger partial charge on any atom is 0.353 e. The molecule has 0 atom stereocenters. The largest absolute Gasteiger partial charge is 0.464 e. The Morgan fingerprint density at radius 3 is 2.40 bits per heavy atom. The fourth-order valence-corrected chi connectivity index (χ4v) is 3.82. The van der Waals surface area contributed by atoms with Crippen LogP contribution in [0.25, 0.3) is 0 Å². The van der Waals surface area contributed by atoms with Gasteiger partial charge in [-0.15, -0.1) is 0 Å². The van der Waals surface area contributed by atoms with Crippen molar-refractivity contribution in [1.82, 2.24) is 15.1 Å². The fraction of sp³-hybridized carbons (Fsp3) is 0.409. The summed E-state index contributed by atoms with van der Waals surface area (Å²) in [4.78, 5) is 42.9. The third-order valence-corrected chi connectivity index (χ3v) is 5.61. The SMILES string of the molecule is C=C(NC(=O)C(=C)N1Cc2c(cccc2N2CCN(C(C)C)CC2)C1=O)C(=O)OC. The molecule has 1 aromatic carbocycles. The van der Waals surface area contributed by atoms with E-state index in [0.717, 1.165) is 37.4 Å². The van der Waals surface area contributed by atoms with Gasteiger partial charge in [-0.05, 0) is 26.0 Å². The minimum atomic E-state index is -0.755. The Hall–Kier alpha value is -3.13. The van der Waals surface area contributed by atoms with Gasteiger partial charge in [-0.25, -0.2) is 4.79 Å². The molecule has 160 valence electrons. The van der Waals surface area contributed by atoms with Crippen LogP contribution < -0.4 is 10.2 Å². The lowest BCUT2D eigenvalue weighted by Crippen LogP contribution is -2.49. The Bertz CT molecular complexity index is 900. The van der Waals surface area contributed by atoms with Crippen molar-refractivity contribution >= 4 is 23.5 Å². The number of carbonyl (C=O) groups excluding carboxylic acids is 3. The highest BCUT2D eigenvalue weighted by Crippen LogP contribution is 2.34. The Kier molecular flexibility index (Phi) is 6.26.